The number of hydrogen-bond acceptors (Lipinski definition) is 1. The van der Waals surface area contributed by atoms with Gasteiger partial charge in [-0.25, -0.2) is 0 Å². The molecule has 5 heteroatoms. The summed E-state index contributed by atoms with van der Waals surface area (Å²) < 4.78 is 0.722. The van der Waals surface area contributed by atoms with Gasteiger partial charge in [-0.2, -0.15) is 0 Å². The summed E-state index contributed by atoms with van der Waals surface area (Å²) in [7, 11) is 0. The second-order valence-corrected chi connectivity index (χ2v) is 5.51. The molecule has 1 aromatic rings. The molecule has 0 N–H and O–H groups in total. The first-order valence-corrected chi connectivity index (χ1v) is 6.66. The minimum atomic E-state index is 0.0511. The summed E-state index contributed by atoms with van der Waals surface area (Å²) >= 11 is 15.5. The van der Waals surface area contributed by atoms with Crippen LogP contribution in [0.4, 0.5) is 5.69 Å². The van der Waals surface area contributed by atoms with Crippen molar-refractivity contribution >= 4 is 50.7 Å². The van der Waals surface area contributed by atoms with E-state index >= 15 is 0 Å². The van der Waals surface area contributed by atoms with E-state index in [1.54, 1.807) is 23.1 Å². The minimum absolute atomic E-state index is 0.0511. The van der Waals surface area contributed by atoms with Crippen molar-refractivity contribution in [2.45, 2.75) is 6.42 Å². The minimum Gasteiger partial charge on any atom is -0.310 e. The van der Waals surface area contributed by atoms with Crippen molar-refractivity contribution in [2.75, 3.05) is 11.4 Å². The third kappa shape index (κ3) is 2.37. The van der Waals surface area contributed by atoms with Gasteiger partial charge in [-0.05, 0) is 28.1 Å². The van der Waals surface area contributed by atoms with E-state index in [9.17, 15) is 4.79 Å². The van der Waals surface area contributed by atoms with E-state index in [-0.39, 0.29) is 11.8 Å². The molecule has 17 heavy (non-hydrogen) atoms. The predicted molar refractivity (Wildman–Crippen MR) is 74.8 cm³/mol. The van der Waals surface area contributed by atoms with Gasteiger partial charge in [0.2, 0.25) is 5.91 Å². The Morgan fingerprint density at radius 1 is 1.41 bits per heavy atom. The Morgan fingerprint density at radius 2 is 2.12 bits per heavy atom. The number of carbonyl (C=O) groups excluding carboxylic acids is 1. The lowest BCUT2D eigenvalue weighted by Gasteiger charge is -2.18. The molecule has 2 nitrogen and oxygen atoms in total. The second kappa shape index (κ2) is 5.01. The lowest BCUT2D eigenvalue weighted by atomic mass is 10.1. The van der Waals surface area contributed by atoms with Gasteiger partial charge in [0, 0.05) is 23.4 Å². The summed E-state index contributed by atoms with van der Waals surface area (Å²) in [6.45, 7) is 4.33. The maximum absolute atomic E-state index is 11.9. The zero-order chi connectivity index (χ0) is 12.6. The number of anilines is 1. The van der Waals surface area contributed by atoms with Crippen molar-refractivity contribution in [1.29, 1.82) is 0 Å². The summed E-state index contributed by atoms with van der Waals surface area (Å²) in [6, 6.07) is 3.58. The van der Waals surface area contributed by atoms with Gasteiger partial charge < -0.3 is 4.90 Å². The lowest BCUT2D eigenvalue weighted by Crippen LogP contribution is -2.24. The molecule has 0 aromatic heterocycles. The number of hydrogen-bond donors (Lipinski definition) is 0. The van der Waals surface area contributed by atoms with Crippen LogP contribution in [-0.4, -0.2) is 12.5 Å². The van der Waals surface area contributed by atoms with Gasteiger partial charge in [-0.15, -0.1) is 6.58 Å². The highest BCUT2D eigenvalue weighted by molar-refractivity contribution is 9.10. The Labute approximate surface area is 118 Å². The molecule has 1 aromatic carbocycles. The Morgan fingerprint density at radius 3 is 2.71 bits per heavy atom. The van der Waals surface area contributed by atoms with Crippen LogP contribution in [0.15, 0.2) is 29.3 Å². The first-order chi connectivity index (χ1) is 8.04. The average molecular weight is 335 g/mol. The maximum atomic E-state index is 11.9. The SMILES string of the molecule is C=CC1CC(=O)N(c2ccc(Br)c(Cl)c2Cl)C1. The lowest BCUT2D eigenvalue weighted by molar-refractivity contribution is -0.117. The van der Waals surface area contributed by atoms with Gasteiger partial charge in [0.15, 0.2) is 0 Å². The summed E-state index contributed by atoms with van der Waals surface area (Å²) in [5.74, 6) is 0.233. The Kier molecular flexibility index (Phi) is 3.81. The van der Waals surface area contributed by atoms with Gasteiger partial charge in [0.1, 0.15) is 0 Å². The number of halogens is 3. The van der Waals surface area contributed by atoms with E-state index in [1.807, 2.05) is 0 Å². The van der Waals surface area contributed by atoms with Gasteiger partial charge in [0.05, 0.1) is 15.7 Å². The van der Waals surface area contributed by atoms with Crippen molar-refractivity contribution in [3.63, 3.8) is 0 Å². The quantitative estimate of drug-likeness (QED) is 0.583. The number of amides is 1. The van der Waals surface area contributed by atoms with Crippen LogP contribution >= 0.6 is 39.1 Å². The van der Waals surface area contributed by atoms with E-state index in [2.05, 4.69) is 22.5 Å². The molecule has 1 saturated heterocycles. The molecule has 1 fully saturated rings. The normalized spacial score (nSPS) is 19.8. The molecule has 0 spiro atoms. The zero-order valence-electron chi connectivity index (χ0n) is 8.92. The molecule has 90 valence electrons. The van der Waals surface area contributed by atoms with E-state index in [0.717, 1.165) is 4.47 Å². The number of carbonyl (C=O) groups is 1. The van der Waals surface area contributed by atoms with Gasteiger partial charge in [-0.1, -0.05) is 29.3 Å². The smallest absolute Gasteiger partial charge is 0.227 e. The molecule has 0 radical (unpaired) electrons. The van der Waals surface area contributed by atoms with Crippen LogP contribution in [0.5, 0.6) is 0 Å². The second-order valence-electron chi connectivity index (χ2n) is 3.90. The molecule has 1 aliphatic heterocycles. The Bertz CT molecular complexity index is 490. The molecular weight excluding hydrogens is 325 g/mol. The fraction of sp³-hybridized carbons (Fsp3) is 0.250. The summed E-state index contributed by atoms with van der Waals surface area (Å²) in [5.41, 5.74) is 0.661. The van der Waals surface area contributed by atoms with Gasteiger partial charge in [0.25, 0.3) is 0 Å². The third-order valence-corrected chi connectivity index (χ3v) is 4.55. The van der Waals surface area contributed by atoms with E-state index < -0.39 is 0 Å². The van der Waals surface area contributed by atoms with Crippen molar-refractivity contribution < 1.29 is 4.79 Å². The highest BCUT2D eigenvalue weighted by Gasteiger charge is 2.30. The fourth-order valence-electron chi connectivity index (χ4n) is 1.85. The summed E-state index contributed by atoms with van der Waals surface area (Å²) in [5, 5.41) is 0.832. The first-order valence-electron chi connectivity index (χ1n) is 5.11. The highest BCUT2D eigenvalue weighted by Crippen LogP contribution is 2.39. The van der Waals surface area contributed by atoms with E-state index in [4.69, 9.17) is 23.2 Å². The van der Waals surface area contributed by atoms with E-state index in [1.165, 1.54) is 0 Å². The fourth-order valence-corrected chi connectivity index (χ4v) is 2.72. The van der Waals surface area contributed by atoms with Crippen molar-refractivity contribution in [2.24, 2.45) is 5.92 Å². The molecule has 1 aliphatic rings. The largest absolute Gasteiger partial charge is 0.310 e. The maximum Gasteiger partial charge on any atom is 0.227 e. The molecular formula is C12H10BrCl2NO. The Hall–Kier alpha value is -0.510. The van der Waals surface area contributed by atoms with Crippen LogP contribution in [0.3, 0.4) is 0 Å². The van der Waals surface area contributed by atoms with Crippen LogP contribution in [-0.2, 0) is 4.79 Å². The van der Waals surface area contributed by atoms with Crippen LogP contribution in [0.2, 0.25) is 10.0 Å². The standard InChI is InChI=1S/C12H10BrCl2NO/c1-2-7-5-10(17)16(6-7)9-4-3-8(13)11(14)12(9)15/h2-4,7H,1,5-6H2. The van der Waals surface area contributed by atoms with Crippen LogP contribution in [0.25, 0.3) is 0 Å². The summed E-state index contributed by atoms with van der Waals surface area (Å²) in [4.78, 5) is 13.5. The van der Waals surface area contributed by atoms with Crippen LogP contribution in [0.1, 0.15) is 6.42 Å². The van der Waals surface area contributed by atoms with Crippen molar-refractivity contribution in [3.05, 3.63) is 39.3 Å². The molecule has 0 bridgehead atoms. The zero-order valence-corrected chi connectivity index (χ0v) is 12.0. The van der Waals surface area contributed by atoms with Crippen LogP contribution < -0.4 is 4.90 Å². The highest BCUT2D eigenvalue weighted by atomic mass is 79.9. The molecule has 1 heterocycles. The molecule has 1 unspecified atom stereocenters. The topological polar surface area (TPSA) is 20.3 Å². The summed E-state index contributed by atoms with van der Waals surface area (Å²) in [6.07, 6.45) is 2.28. The Balaban J connectivity index is 2.39. The van der Waals surface area contributed by atoms with E-state index in [0.29, 0.717) is 28.7 Å². The number of rotatable bonds is 2. The van der Waals surface area contributed by atoms with Gasteiger partial charge in [-0.3, -0.25) is 4.79 Å². The average Bonchev–Trinajstić information content (AvgIpc) is 2.68. The third-order valence-electron chi connectivity index (χ3n) is 2.79. The molecule has 0 saturated carbocycles. The molecule has 1 atom stereocenters. The monoisotopic (exact) mass is 333 g/mol. The molecule has 1 amide bonds. The molecule has 0 aliphatic carbocycles. The predicted octanol–water partition coefficient (Wildman–Crippen LogP) is 4.29. The van der Waals surface area contributed by atoms with Crippen LogP contribution in [0, 0.1) is 5.92 Å². The van der Waals surface area contributed by atoms with Crippen molar-refractivity contribution in [3.8, 4) is 0 Å². The number of benzene rings is 1. The number of nitrogens with zero attached hydrogens (tertiary/aromatic N) is 1. The van der Waals surface area contributed by atoms with Gasteiger partial charge >= 0.3 is 0 Å². The molecule has 2 rings (SSSR count). The first kappa shape index (κ1) is 12.9. The van der Waals surface area contributed by atoms with Crippen molar-refractivity contribution in [1.82, 2.24) is 0 Å².